The lowest BCUT2D eigenvalue weighted by atomic mass is 10.2. The molecule has 0 saturated heterocycles. The minimum Gasteiger partial charge on any atom is -0.450 e. The molecule has 2 aromatic rings. The Bertz CT molecular complexity index is 543. The third-order valence-corrected chi connectivity index (χ3v) is 2.49. The van der Waals surface area contributed by atoms with Crippen molar-refractivity contribution in [1.29, 1.82) is 0 Å². The van der Waals surface area contributed by atoms with Gasteiger partial charge in [0.15, 0.2) is 5.82 Å². The maximum Gasteiger partial charge on any atom is 0.412 e. The SMILES string of the molecule is CCOC(=O)Nc1ccc(NCc2ccccc2)nn1. The number of benzene rings is 1. The molecule has 6 heteroatoms. The number of nitrogens with zero attached hydrogens (tertiary/aromatic N) is 2. The van der Waals surface area contributed by atoms with Crippen LogP contribution in [0.2, 0.25) is 0 Å². The van der Waals surface area contributed by atoms with Gasteiger partial charge in [-0.1, -0.05) is 30.3 Å². The van der Waals surface area contributed by atoms with Crippen molar-refractivity contribution in [2.24, 2.45) is 0 Å². The van der Waals surface area contributed by atoms with Crippen molar-refractivity contribution in [1.82, 2.24) is 10.2 Å². The minimum absolute atomic E-state index is 0.315. The third-order valence-electron chi connectivity index (χ3n) is 2.49. The van der Waals surface area contributed by atoms with Crippen LogP contribution in [0, 0.1) is 0 Å². The number of aromatic nitrogens is 2. The van der Waals surface area contributed by atoms with Gasteiger partial charge in [-0.3, -0.25) is 5.32 Å². The van der Waals surface area contributed by atoms with Gasteiger partial charge in [-0.25, -0.2) is 4.79 Å². The Morgan fingerprint density at radius 1 is 1.10 bits per heavy atom. The van der Waals surface area contributed by atoms with E-state index in [1.807, 2.05) is 30.3 Å². The summed E-state index contributed by atoms with van der Waals surface area (Å²) in [5.41, 5.74) is 1.16. The first kappa shape index (κ1) is 13.8. The van der Waals surface area contributed by atoms with E-state index in [0.717, 1.165) is 5.56 Å². The fourth-order valence-electron chi connectivity index (χ4n) is 1.55. The highest BCUT2D eigenvalue weighted by molar-refractivity contribution is 5.83. The van der Waals surface area contributed by atoms with Gasteiger partial charge in [-0.2, -0.15) is 0 Å². The van der Waals surface area contributed by atoms with Crippen LogP contribution in [0.15, 0.2) is 42.5 Å². The summed E-state index contributed by atoms with van der Waals surface area (Å²) in [6.07, 6.45) is -0.535. The molecular formula is C14H16N4O2. The second kappa shape index (κ2) is 7.08. The third kappa shape index (κ3) is 4.24. The molecule has 1 aromatic heterocycles. The molecule has 0 bridgehead atoms. The maximum absolute atomic E-state index is 11.2. The second-order valence-corrected chi connectivity index (χ2v) is 3.99. The van der Waals surface area contributed by atoms with Crippen LogP contribution >= 0.6 is 0 Å². The van der Waals surface area contributed by atoms with Crippen molar-refractivity contribution in [3.8, 4) is 0 Å². The number of rotatable bonds is 5. The summed E-state index contributed by atoms with van der Waals surface area (Å²) in [7, 11) is 0. The number of hydrogen-bond donors (Lipinski definition) is 2. The highest BCUT2D eigenvalue weighted by atomic mass is 16.5. The Morgan fingerprint density at radius 2 is 1.80 bits per heavy atom. The molecule has 104 valence electrons. The summed E-state index contributed by atoms with van der Waals surface area (Å²) in [5, 5.41) is 13.5. The predicted octanol–water partition coefficient (Wildman–Crippen LogP) is 2.66. The molecule has 0 aliphatic heterocycles. The smallest absolute Gasteiger partial charge is 0.412 e. The zero-order valence-electron chi connectivity index (χ0n) is 11.2. The zero-order valence-corrected chi connectivity index (χ0v) is 11.2. The average molecular weight is 272 g/mol. The lowest BCUT2D eigenvalue weighted by Crippen LogP contribution is -2.14. The van der Waals surface area contributed by atoms with Gasteiger partial charge in [-0.05, 0) is 24.6 Å². The van der Waals surface area contributed by atoms with Gasteiger partial charge in [0.1, 0.15) is 5.82 Å². The van der Waals surface area contributed by atoms with E-state index in [4.69, 9.17) is 4.74 Å². The van der Waals surface area contributed by atoms with E-state index in [2.05, 4.69) is 20.8 Å². The lowest BCUT2D eigenvalue weighted by molar-refractivity contribution is 0.168. The van der Waals surface area contributed by atoms with Crippen LogP contribution in [0.25, 0.3) is 0 Å². The van der Waals surface area contributed by atoms with Gasteiger partial charge in [0.2, 0.25) is 0 Å². The summed E-state index contributed by atoms with van der Waals surface area (Å²) >= 11 is 0. The largest absolute Gasteiger partial charge is 0.450 e. The van der Waals surface area contributed by atoms with E-state index in [1.54, 1.807) is 19.1 Å². The minimum atomic E-state index is -0.535. The van der Waals surface area contributed by atoms with Crippen LogP contribution in [-0.2, 0) is 11.3 Å². The van der Waals surface area contributed by atoms with E-state index < -0.39 is 6.09 Å². The zero-order chi connectivity index (χ0) is 14.2. The Kier molecular flexibility index (Phi) is 4.88. The van der Waals surface area contributed by atoms with Crippen LogP contribution in [-0.4, -0.2) is 22.9 Å². The fourth-order valence-corrected chi connectivity index (χ4v) is 1.55. The first-order valence-electron chi connectivity index (χ1n) is 6.33. The molecule has 2 rings (SSSR count). The summed E-state index contributed by atoms with van der Waals surface area (Å²) in [5.74, 6) is 0.997. The molecule has 1 aromatic carbocycles. The number of nitrogens with one attached hydrogen (secondary N) is 2. The normalized spacial score (nSPS) is 9.85. The first-order chi connectivity index (χ1) is 9.78. The van der Waals surface area contributed by atoms with Gasteiger partial charge < -0.3 is 10.1 Å². The van der Waals surface area contributed by atoms with Gasteiger partial charge >= 0.3 is 6.09 Å². The van der Waals surface area contributed by atoms with Crippen molar-refractivity contribution < 1.29 is 9.53 Å². The second-order valence-electron chi connectivity index (χ2n) is 3.99. The maximum atomic E-state index is 11.2. The average Bonchev–Trinajstić information content (AvgIpc) is 2.48. The standard InChI is InChI=1S/C14H16N4O2/c1-2-20-14(19)16-13-9-8-12(17-18-13)15-10-11-6-4-3-5-7-11/h3-9H,2,10H2,1H3,(H,15,17)(H,16,18,19). The number of hydrogen-bond acceptors (Lipinski definition) is 5. The summed E-state index contributed by atoms with van der Waals surface area (Å²) in [6.45, 7) is 2.72. The van der Waals surface area contributed by atoms with Crippen molar-refractivity contribution in [3.63, 3.8) is 0 Å². The van der Waals surface area contributed by atoms with Crippen LogP contribution in [0.5, 0.6) is 0 Å². The van der Waals surface area contributed by atoms with Crippen molar-refractivity contribution in [2.75, 3.05) is 17.2 Å². The lowest BCUT2D eigenvalue weighted by Gasteiger charge is -2.06. The van der Waals surface area contributed by atoms with Crippen molar-refractivity contribution in [2.45, 2.75) is 13.5 Å². The molecule has 0 unspecified atom stereocenters. The molecule has 20 heavy (non-hydrogen) atoms. The number of anilines is 2. The number of carbonyl (C=O) groups is 1. The van der Waals surface area contributed by atoms with E-state index >= 15 is 0 Å². The Hall–Kier alpha value is -2.63. The van der Waals surface area contributed by atoms with Crippen molar-refractivity contribution >= 4 is 17.7 Å². The van der Waals surface area contributed by atoms with Crippen LogP contribution in [0.1, 0.15) is 12.5 Å². The van der Waals surface area contributed by atoms with Crippen LogP contribution in [0.4, 0.5) is 16.4 Å². The molecule has 0 aliphatic rings. The molecule has 6 nitrogen and oxygen atoms in total. The quantitative estimate of drug-likeness (QED) is 0.875. The molecule has 1 heterocycles. The molecular weight excluding hydrogens is 256 g/mol. The predicted molar refractivity (Wildman–Crippen MR) is 76.4 cm³/mol. The van der Waals surface area contributed by atoms with E-state index in [-0.39, 0.29) is 0 Å². The topological polar surface area (TPSA) is 76.1 Å². The Morgan fingerprint density at radius 3 is 2.45 bits per heavy atom. The molecule has 1 amide bonds. The van der Waals surface area contributed by atoms with Crippen molar-refractivity contribution in [3.05, 3.63) is 48.0 Å². The van der Waals surface area contributed by atoms with Crippen LogP contribution in [0.3, 0.4) is 0 Å². The highest BCUT2D eigenvalue weighted by Gasteiger charge is 2.03. The number of amides is 1. The van der Waals surface area contributed by atoms with E-state index in [9.17, 15) is 4.79 Å². The summed E-state index contributed by atoms with van der Waals surface area (Å²) < 4.78 is 4.75. The summed E-state index contributed by atoms with van der Waals surface area (Å²) in [4.78, 5) is 11.2. The van der Waals surface area contributed by atoms with Gasteiger partial charge in [0.05, 0.1) is 6.61 Å². The fraction of sp³-hybridized carbons (Fsp3) is 0.214. The van der Waals surface area contributed by atoms with E-state index in [0.29, 0.717) is 24.8 Å². The number of carbonyl (C=O) groups excluding carboxylic acids is 1. The van der Waals surface area contributed by atoms with E-state index in [1.165, 1.54) is 0 Å². The molecule has 0 fully saturated rings. The molecule has 0 radical (unpaired) electrons. The van der Waals surface area contributed by atoms with Crippen LogP contribution < -0.4 is 10.6 Å². The van der Waals surface area contributed by atoms with Gasteiger partial charge in [0, 0.05) is 6.54 Å². The summed E-state index contributed by atoms with van der Waals surface area (Å²) in [6, 6.07) is 13.4. The van der Waals surface area contributed by atoms with Gasteiger partial charge in [0.25, 0.3) is 0 Å². The highest BCUT2D eigenvalue weighted by Crippen LogP contribution is 2.08. The Balaban J connectivity index is 1.87. The Labute approximate surface area is 117 Å². The monoisotopic (exact) mass is 272 g/mol. The molecule has 0 saturated carbocycles. The molecule has 0 spiro atoms. The number of ether oxygens (including phenoxy) is 1. The molecule has 0 atom stereocenters. The molecule has 2 N–H and O–H groups in total. The molecule has 0 aliphatic carbocycles. The first-order valence-corrected chi connectivity index (χ1v) is 6.33. The van der Waals surface area contributed by atoms with Gasteiger partial charge in [-0.15, -0.1) is 10.2 Å².